The highest BCUT2D eigenvalue weighted by atomic mass is 19.1. The average molecular weight is 250 g/mol. The van der Waals surface area contributed by atoms with E-state index in [9.17, 15) is 4.39 Å². The van der Waals surface area contributed by atoms with E-state index in [2.05, 4.69) is 10.1 Å². The van der Waals surface area contributed by atoms with Gasteiger partial charge < -0.3 is 9.26 Å². The van der Waals surface area contributed by atoms with Crippen LogP contribution in [0.3, 0.4) is 0 Å². The van der Waals surface area contributed by atoms with Gasteiger partial charge in [-0.1, -0.05) is 5.16 Å². The van der Waals surface area contributed by atoms with E-state index in [0.29, 0.717) is 17.3 Å². The van der Waals surface area contributed by atoms with E-state index in [1.165, 1.54) is 12.1 Å². The first-order chi connectivity index (χ1) is 8.44. The Labute approximate surface area is 105 Å². The lowest BCUT2D eigenvalue weighted by Gasteiger charge is -2.17. The quantitative estimate of drug-likeness (QED) is 0.839. The Hall–Kier alpha value is -1.75. The Kier molecular flexibility index (Phi) is 3.43. The smallest absolute Gasteiger partial charge is 0.252 e. The zero-order valence-electron chi connectivity index (χ0n) is 10.6. The molecule has 5 heteroatoms. The molecule has 2 rings (SSSR count). The summed E-state index contributed by atoms with van der Waals surface area (Å²) in [5.41, 5.74) is 0.451. The third-order valence-electron chi connectivity index (χ3n) is 2.20. The summed E-state index contributed by atoms with van der Waals surface area (Å²) < 4.78 is 23.4. The van der Waals surface area contributed by atoms with Crippen molar-refractivity contribution in [2.75, 3.05) is 0 Å². The largest absolute Gasteiger partial charge is 0.366 e. The molecule has 1 aromatic heterocycles. The fraction of sp³-hybridized carbons (Fsp3) is 0.385. The predicted octanol–water partition coefficient (Wildman–Crippen LogP) is 3.19. The normalized spacial score (nSPS) is 11.8. The van der Waals surface area contributed by atoms with E-state index in [1.54, 1.807) is 12.1 Å². The second kappa shape index (κ2) is 4.86. The van der Waals surface area contributed by atoms with Crippen molar-refractivity contribution in [3.63, 3.8) is 0 Å². The number of benzene rings is 1. The van der Waals surface area contributed by atoms with Crippen molar-refractivity contribution < 1.29 is 13.7 Å². The Balaban J connectivity index is 2.08. The predicted molar refractivity (Wildman–Crippen MR) is 64.2 cm³/mol. The van der Waals surface area contributed by atoms with Gasteiger partial charge in [-0.3, -0.25) is 0 Å². The summed E-state index contributed by atoms with van der Waals surface area (Å²) in [6.45, 7) is 6.11. The first-order valence-electron chi connectivity index (χ1n) is 5.66. The van der Waals surface area contributed by atoms with Crippen LogP contribution in [0, 0.1) is 5.82 Å². The van der Waals surface area contributed by atoms with Gasteiger partial charge in [-0.25, -0.2) is 4.39 Å². The maximum absolute atomic E-state index is 12.8. The molecule has 18 heavy (non-hydrogen) atoms. The van der Waals surface area contributed by atoms with Crippen molar-refractivity contribution in [2.45, 2.75) is 33.0 Å². The minimum absolute atomic E-state index is 0.259. The van der Waals surface area contributed by atoms with Crippen LogP contribution in [0.5, 0.6) is 0 Å². The van der Waals surface area contributed by atoms with Gasteiger partial charge >= 0.3 is 0 Å². The molecule has 0 amide bonds. The molecule has 0 aliphatic carbocycles. The van der Waals surface area contributed by atoms with Crippen LogP contribution in [0.4, 0.5) is 4.39 Å². The number of rotatable bonds is 3. The number of nitrogens with zero attached hydrogens (tertiary/aromatic N) is 2. The van der Waals surface area contributed by atoms with Crippen molar-refractivity contribution in [2.24, 2.45) is 0 Å². The lowest BCUT2D eigenvalue weighted by Crippen LogP contribution is -2.18. The number of aromatic nitrogens is 2. The summed E-state index contributed by atoms with van der Waals surface area (Å²) in [6, 6.07) is 5.93. The van der Waals surface area contributed by atoms with E-state index in [0.717, 1.165) is 0 Å². The molecule has 0 spiro atoms. The maximum Gasteiger partial charge on any atom is 0.252 e. The molecule has 0 saturated carbocycles. The summed E-state index contributed by atoms with van der Waals surface area (Å²) >= 11 is 0. The summed E-state index contributed by atoms with van der Waals surface area (Å²) in [5, 5.41) is 3.83. The highest BCUT2D eigenvalue weighted by Crippen LogP contribution is 2.17. The summed E-state index contributed by atoms with van der Waals surface area (Å²) in [7, 11) is 0. The fourth-order valence-electron chi connectivity index (χ4n) is 1.31. The highest BCUT2D eigenvalue weighted by molar-refractivity contribution is 5.53. The Morgan fingerprint density at radius 3 is 2.50 bits per heavy atom. The third-order valence-corrected chi connectivity index (χ3v) is 2.20. The SMILES string of the molecule is CC(C)(C)OCc1nc(-c2ccc(F)cc2)no1. The first kappa shape index (κ1) is 12.7. The molecule has 0 saturated heterocycles. The molecule has 0 aliphatic rings. The zero-order valence-corrected chi connectivity index (χ0v) is 10.6. The number of halogens is 1. The van der Waals surface area contributed by atoms with E-state index in [-0.39, 0.29) is 18.0 Å². The van der Waals surface area contributed by atoms with E-state index in [4.69, 9.17) is 9.26 Å². The Morgan fingerprint density at radius 2 is 1.89 bits per heavy atom. The topological polar surface area (TPSA) is 48.2 Å². The Morgan fingerprint density at radius 1 is 1.22 bits per heavy atom. The Bertz CT molecular complexity index is 515. The van der Waals surface area contributed by atoms with E-state index in [1.807, 2.05) is 20.8 Å². The van der Waals surface area contributed by atoms with Gasteiger partial charge in [-0.2, -0.15) is 4.98 Å². The van der Waals surface area contributed by atoms with Crippen LogP contribution in [0.15, 0.2) is 28.8 Å². The number of ether oxygens (including phenoxy) is 1. The summed E-state index contributed by atoms with van der Waals surface area (Å²) in [5.74, 6) is 0.547. The standard InChI is InChI=1S/C13H15FN2O2/c1-13(2,3)17-8-11-15-12(16-18-11)9-4-6-10(14)7-5-9/h4-7H,8H2,1-3H3. The molecule has 96 valence electrons. The van der Waals surface area contributed by atoms with Gasteiger partial charge in [0, 0.05) is 5.56 Å². The van der Waals surface area contributed by atoms with E-state index < -0.39 is 0 Å². The fourth-order valence-corrected chi connectivity index (χ4v) is 1.31. The summed E-state index contributed by atoms with van der Waals surface area (Å²) in [6.07, 6.45) is 0. The van der Waals surface area contributed by atoms with Crippen molar-refractivity contribution in [3.05, 3.63) is 36.0 Å². The van der Waals surface area contributed by atoms with Crippen molar-refractivity contribution in [3.8, 4) is 11.4 Å². The van der Waals surface area contributed by atoms with Crippen molar-refractivity contribution >= 4 is 0 Å². The van der Waals surface area contributed by atoms with Gasteiger partial charge in [0.25, 0.3) is 5.89 Å². The van der Waals surface area contributed by atoms with Crippen LogP contribution < -0.4 is 0 Å². The minimum Gasteiger partial charge on any atom is -0.366 e. The van der Waals surface area contributed by atoms with Gasteiger partial charge in [0.05, 0.1) is 5.60 Å². The molecule has 2 aromatic rings. The second-order valence-corrected chi connectivity index (χ2v) is 4.92. The molecule has 0 unspecified atom stereocenters. The highest BCUT2D eigenvalue weighted by Gasteiger charge is 2.14. The minimum atomic E-state index is -0.293. The van der Waals surface area contributed by atoms with Crippen molar-refractivity contribution in [1.82, 2.24) is 10.1 Å². The van der Waals surface area contributed by atoms with Crippen molar-refractivity contribution in [1.29, 1.82) is 0 Å². The van der Waals surface area contributed by atoms with Gasteiger partial charge in [0.1, 0.15) is 12.4 Å². The van der Waals surface area contributed by atoms with Crippen LogP contribution in [-0.4, -0.2) is 15.7 Å². The maximum atomic E-state index is 12.8. The molecule has 0 bridgehead atoms. The van der Waals surface area contributed by atoms with Gasteiger partial charge in [-0.05, 0) is 45.0 Å². The van der Waals surface area contributed by atoms with Gasteiger partial charge in [-0.15, -0.1) is 0 Å². The van der Waals surface area contributed by atoms with Crippen LogP contribution >= 0.6 is 0 Å². The zero-order chi connectivity index (χ0) is 13.2. The molecule has 1 aromatic carbocycles. The molecule has 0 fully saturated rings. The third kappa shape index (κ3) is 3.37. The molecular weight excluding hydrogens is 235 g/mol. The van der Waals surface area contributed by atoms with Crippen LogP contribution in [0.2, 0.25) is 0 Å². The summed E-state index contributed by atoms with van der Waals surface area (Å²) in [4.78, 5) is 4.19. The lowest BCUT2D eigenvalue weighted by atomic mass is 10.2. The number of hydrogen-bond donors (Lipinski definition) is 0. The lowest BCUT2D eigenvalue weighted by molar-refractivity contribution is -0.0260. The molecule has 0 N–H and O–H groups in total. The first-order valence-corrected chi connectivity index (χ1v) is 5.66. The van der Waals surface area contributed by atoms with Gasteiger partial charge in [0.15, 0.2) is 0 Å². The second-order valence-electron chi connectivity index (χ2n) is 4.92. The molecule has 4 nitrogen and oxygen atoms in total. The molecular formula is C13H15FN2O2. The average Bonchev–Trinajstić information content (AvgIpc) is 2.75. The molecule has 1 heterocycles. The number of hydrogen-bond acceptors (Lipinski definition) is 4. The van der Waals surface area contributed by atoms with Crippen LogP contribution in [0.1, 0.15) is 26.7 Å². The van der Waals surface area contributed by atoms with Crippen LogP contribution in [-0.2, 0) is 11.3 Å². The van der Waals surface area contributed by atoms with Crippen LogP contribution in [0.25, 0.3) is 11.4 Å². The molecule has 0 atom stereocenters. The van der Waals surface area contributed by atoms with Gasteiger partial charge in [0.2, 0.25) is 5.82 Å². The molecule has 0 radical (unpaired) electrons. The van der Waals surface area contributed by atoms with E-state index >= 15 is 0 Å². The molecule has 0 aliphatic heterocycles. The monoisotopic (exact) mass is 250 g/mol.